The van der Waals surface area contributed by atoms with Crippen LogP contribution in [0.3, 0.4) is 0 Å². The topological polar surface area (TPSA) is 55.9 Å². The number of piperazine rings is 1. The fourth-order valence-corrected chi connectivity index (χ4v) is 3.83. The fourth-order valence-electron chi connectivity index (χ4n) is 2.34. The first kappa shape index (κ1) is 16.9. The highest BCUT2D eigenvalue weighted by atomic mass is 32.2. The van der Waals surface area contributed by atoms with Crippen molar-refractivity contribution in [2.24, 2.45) is 0 Å². The van der Waals surface area contributed by atoms with Gasteiger partial charge in [-0.15, -0.1) is 11.3 Å². The van der Waals surface area contributed by atoms with E-state index >= 15 is 0 Å². The van der Waals surface area contributed by atoms with Gasteiger partial charge in [0, 0.05) is 51.7 Å². The second-order valence-corrected chi connectivity index (χ2v) is 8.45. The average molecular weight is 332 g/mol. The maximum absolute atomic E-state index is 11.9. The molecular weight excluding hydrogens is 308 g/mol. The van der Waals surface area contributed by atoms with Crippen LogP contribution in [0.25, 0.3) is 0 Å². The summed E-state index contributed by atoms with van der Waals surface area (Å²) in [5, 5.41) is 2.04. The Bertz CT molecular complexity index is 522. The van der Waals surface area contributed by atoms with Crippen LogP contribution >= 0.6 is 11.3 Å². The smallest absolute Gasteiger partial charge is 0.278 e. The Morgan fingerprint density at radius 2 is 2.00 bits per heavy atom. The number of likely N-dealkylation sites (N-methyl/N-ethyl adjacent to an activating group) is 1. The molecule has 0 amide bonds. The highest BCUT2D eigenvalue weighted by Gasteiger charge is 2.26. The summed E-state index contributed by atoms with van der Waals surface area (Å²) in [6.07, 6.45) is 0. The van der Waals surface area contributed by atoms with Crippen LogP contribution in [0.4, 0.5) is 0 Å². The van der Waals surface area contributed by atoms with Gasteiger partial charge < -0.3 is 4.90 Å². The highest BCUT2D eigenvalue weighted by Crippen LogP contribution is 2.25. The van der Waals surface area contributed by atoms with Gasteiger partial charge in [-0.1, -0.05) is 6.07 Å². The van der Waals surface area contributed by atoms with Gasteiger partial charge in [0.05, 0.1) is 6.04 Å². The maximum atomic E-state index is 11.9. The quantitative estimate of drug-likeness (QED) is 0.821. The zero-order valence-corrected chi connectivity index (χ0v) is 14.5. The van der Waals surface area contributed by atoms with E-state index in [9.17, 15) is 8.42 Å². The average Bonchev–Trinajstić information content (AvgIpc) is 2.94. The molecule has 1 N–H and O–H groups in total. The van der Waals surface area contributed by atoms with Crippen LogP contribution in [0.15, 0.2) is 17.5 Å². The van der Waals surface area contributed by atoms with Gasteiger partial charge in [-0.05, 0) is 18.5 Å². The van der Waals surface area contributed by atoms with Crippen molar-refractivity contribution in [2.75, 3.05) is 53.9 Å². The lowest BCUT2D eigenvalue weighted by molar-refractivity contribution is 0.114. The summed E-state index contributed by atoms with van der Waals surface area (Å²) < 4.78 is 27.8. The van der Waals surface area contributed by atoms with Gasteiger partial charge >= 0.3 is 0 Å². The van der Waals surface area contributed by atoms with Crippen LogP contribution in [0.1, 0.15) is 10.9 Å². The van der Waals surface area contributed by atoms with E-state index in [1.54, 1.807) is 25.4 Å². The third kappa shape index (κ3) is 4.48. The molecule has 0 saturated carbocycles. The highest BCUT2D eigenvalue weighted by molar-refractivity contribution is 7.87. The molecule has 8 heteroatoms. The summed E-state index contributed by atoms with van der Waals surface area (Å²) in [7, 11) is 1.81. The number of rotatable bonds is 6. The molecule has 0 aromatic carbocycles. The first-order valence-corrected chi connectivity index (χ1v) is 9.35. The van der Waals surface area contributed by atoms with E-state index in [1.807, 2.05) is 11.4 Å². The molecule has 1 aromatic rings. The molecule has 1 aliphatic rings. The molecule has 2 heterocycles. The Balaban J connectivity index is 2.07. The molecule has 1 fully saturated rings. The second-order valence-electron chi connectivity index (χ2n) is 5.51. The zero-order valence-electron chi connectivity index (χ0n) is 12.8. The largest absolute Gasteiger partial charge is 0.304 e. The standard InChI is InChI=1S/C13H24N4O2S2/c1-15(2)21(18,19)14-11-12(13-5-4-10-20-13)17-8-6-16(3)7-9-17/h4-5,10,12,14H,6-9,11H2,1-3H3. The molecule has 0 spiro atoms. The Kier molecular flexibility index (Phi) is 5.75. The number of nitrogens with zero attached hydrogens (tertiary/aromatic N) is 3. The van der Waals surface area contributed by atoms with Gasteiger partial charge in [0.2, 0.25) is 0 Å². The minimum absolute atomic E-state index is 0.105. The van der Waals surface area contributed by atoms with Crippen molar-refractivity contribution in [3.63, 3.8) is 0 Å². The number of hydrogen-bond donors (Lipinski definition) is 1. The van der Waals surface area contributed by atoms with Gasteiger partial charge in [0.1, 0.15) is 0 Å². The molecule has 0 bridgehead atoms. The lowest BCUT2D eigenvalue weighted by Crippen LogP contribution is -2.49. The Morgan fingerprint density at radius 3 is 2.52 bits per heavy atom. The Hall–Kier alpha value is -0.510. The predicted octanol–water partition coefficient (Wildman–Crippen LogP) is 0.433. The lowest BCUT2D eigenvalue weighted by atomic mass is 10.2. The number of hydrogen-bond acceptors (Lipinski definition) is 5. The summed E-state index contributed by atoms with van der Waals surface area (Å²) in [6.45, 7) is 4.36. The summed E-state index contributed by atoms with van der Waals surface area (Å²) in [4.78, 5) is 5.87. The van der Waals surface area contributed by atoms with Crippen molar-refractivity contribution in [1.82, 2.24) is 18.8 Å². The lowest BCUT2D eigenvalue weighted by Gasteiger charge is -2.37. The number of nitrogens with one attached hydrogen (secondary N) is 1. The minimum Gasteiger partial charge on any atom is -0.304 e. The van der Waals surface area contributed by atoms with Gasteiger partial charge in [-0.3, -0.25) is 4.90 Å². The van der Waals surface area contributed by atoms with Crippen LogP contribution in [-0.4, -0.2) is 76.4 Å². The molecule has 1 unspecified atom stereocenters. The molecule has 1 aliphatic heterocycles. The first-order valence-electron chi connectivity index (χ1n) is 7.03. The van der Waals surface area contributed by atoms with Crippen molar-refractivity contribution in [2.45, 2.75) is 6.04 Å². The van der Waals surface area contributed by atoms with Gasteiger partial charge in [0.25, 0.3) is 10.2 Å². The molecule has 0 aliphatic carbocycles. The van der Waals surface area contributed by atoms with Gasteiger partial charge in [-0.2, -0.15) is 12.7 Å². The molecule has 2 rings (SSSR count). The molecule has 6 nitrogen and oxygen atoms in total. The normalized spacial score (nSPS) is 20.0. The van der Waals surface area contributed by atoms with Crippen LogP contribution in [-0.2, 0) is 10.2 Å². The van der Waals surface area contributed by atoms with E-state index in [1.165, 1.54) is 9.18 Å². The Morgan fingerprint density at radius 1 is 1.33 bits per heavy atom. The van der Waals surface area contributed by atoms with Crippen molar-refractivity contribution < 1.29 is 8.42 Å². The van der Waals surface area contributed by atoms with E-state index in [2.05, 4.69) is 27.6 Å². The second kappa shape index (κ2) is 7.17. The van der Waals surface area contributed by atoms with E-state index in [0.717, 1.165) is 26.2 Å². The van der Waals surface area contributed by atoms with E-state index < -0.39 is 10.2 Å². The van der Waals surface area contributed by atoms with Crippen molar-refractivity contribution in [3.8, 4) is 0 Å². The zero-order chi connectivity index (χ0) is 15.5. The molecule has 1 saturated heterocycles. The van der Waals surface area contributed by atoms with Crippen molar-refractivity contribution in [3.05, 3.63) is 22.4 Å². The van der Waals surface area contributed by atoms with Crippen LogP contribution in [0.5, 0.6) is 0 Å². The van der Waals surface area contributed by atoms with E-state index in [0.29, 0.717) is 6.54 Å². The van der Waals surface area contributed by atoms with E-state index in [4.69, 9.17) is 0 Å². The van der Waals surface area contributed by atoms with Gasteiger partial charge in [-0.25, -0.2) is 4.72 Å². The number of thiophene rings is 1. The maximum Gasteiger partial charge on any atom is 0.278 e. The van der Waals surface area contributed by atoms with Gasteiger partial charge in [0.15, 0.2) is 0 Å². The molecule has 0 radical (unpaired) electrons. The van der Waals surface area contributed by atoms with Crippen LogP contribution < -0.4 is 4.72 Å². The van der Waals surface area contributed by atoms with Crippen LogP contribution in [0.2, 0.25) is 0 Å². The third-order valence-corrected chi connectivity index (χ3v) is 6.26. The molecule has 21 heavy (non-hydrogen) atoms. The van der Waals surface area contributed by atoms with E-state index in [-0.39, 0.29) is 6.04 Å². The van der Waals surface area contributed by atoms with Crippen molar-refractivity contribution in [1.29, 1.82) is 0 Å². The fraction of sp³-hybridized carbons (Fsp3) is 0.692. The molecular formula is C13H24N4O2S2. The van der Waals surface area contributed by atoms with Crippen LogP contribution in [0, 0.1) is 0 Å². The summed E-state index contributed by atoms with van der Waals surface area (Å²) >= 11 is 1.68. The van der Waals surface area contributed by atoms with Crippen molar-refractivity contribution >= 4 is 21.5 Å². The Labute approximate surface area is 131 Å². The summed E-state index contributed by atoms with van der Waals surface area (Å²) in [5.41, 5.74) is 0. The SMILES string of the molecule is CN1CCN(C(CNS(=O)(=O)N(C)C)c2cccs2)CC1. The monoisotopic (exact) mass is 332 g/mol. The predicted molar refractivity (Wildman–Crippen MR) is 86.7 cm³/mol. The third-order valence-electron chi connectivity index (χ3n) is 3.79. The molecule has 120 valence electrons. The minimum atomic E-state index is -3.38. The summed E-state index contributed by atoms with van der Waals surface area (Å²) in [5.74, 6) is 0. The molecule has 1 atom stereocenters. The first-order chi connectivity index (χ1) is 9.90. The molecule has 1 aromatic heterocycles. The summed E-state index contributed by atoms with van der Waals surface area (Å²) in [6, 6.07) is 4.20.